The molecule has 0 radical (unpaired) electrons. The molecule has 0 saturated carbocycles. The Bertz CT molecular complexity index is 540. The molecule has 6 nitrogen and oxygen atoms in total. The van der Waals surface area contributed by atoms with E-state index in [-0.39, 0.29) is 5.69 Å². The zero-order valence-electron chi connectivity index (χ0n) is 12.0. The van der Waals surface area contributed by atoms with Gasteiger partial charge in [-0.25, -0.2) is 9.59 Å². The van der Waals surface area contributed by atoms with Gasteiger partial charge in [0, 0.05) is 5.69 Å². The van der Waals surface area contributed by atoms with E-state index < -0.39 is 17.7 Å². The highest BCUT2D eigenvalue weighted by atomic mass is 16.6. The molecule has 3 N–H and O–H groups in total. The van der Waals surface area contributed by atoms with Gasteiger partial charge in [-0.05, 0) is 52.0 Å². The van der Waals surface area contributed by atoms with Gasteiger partial charge in [-0.15, -0.1) is 0 Å². The first-order valence-corrected chi connectivity index (χ1v) is 6.75. The number of nitrogens with one attached hydrogen (secondary N) is 2. The van der Waals surface area contributed by atoms with Gasteiger partial charge in [-0.2, -0.15) is 0 Å². The standard InChI is InChI=1S/C14H20N2O4/c1-14(2,3)20-13(19)16-10-8-6-4-5-7-9(8)15-11(10)12(17)18/h15H,4-7H2,1-3H3,(H,16,19)(H,17,18). The Labute approximate surface area is 117 Å². The van der Waals surface area contributed by atoms with Crippen LogP contribution in [0.3, 0.4) is 0 Å². The number of carbonyl (C=O) groups is 2. The Kier molecular flexibility index (Phi) is 3.74. The Morgan fingerprint density at radius 3 is 2.50 bits per heavy atom. The predicted octanol–water partition coefficient (Wildman–Crippen LogP) is 2.94. The van der Waals surface area contributed by atoms with E-state index in [2.05, 4.69) is 10.3 Å². The van der Waals surface area contributed by atoms with Crippen LogP contribution in [0.5, 0.6) is 0 Å². The molecule has 1 heterocycles. The fourth-order valence-electron chi connectivity index (χ4n) is 2.39. The molecular weight excluding hydrogens is 260 g/mol. The number of aromatic carboxylic acids is 1. The van der Waals surface area contributed by atoms with E-state index >= 15 is 0 Å². The van der Waals surface area contributed by atoms with Gasteiger partial charge in [0.2, 0.25) is 0 Å². The summed E-state index contributed by atoms with van der Waals surface area (Å²) in [7, 11) is 0. The van der Waals surface area contributed by atoms with Crippen LogP contribution in [0.4, 0.5) is 10.5 Å². The average molecular weight is 280 g/mol. The maximum atomic E-state index is 11.8. The quantitative estimate of drug-likeness (QED) is 0.776. The van der Waals surface area contributed by atoms with Crippen molar-refractivity contribution in [3.8, 4) is 0 Å². The van der Waals surface area contributed by atoms with Gasteiger partial charge < -0.3 is 14.8 Å². The maximum absolute atomic E-state index is 11.8. The number of amides is 1. The second-order valence-electron chi connectivity index (χ2n) is 5.97. The fraction of sp³-hybridized carbons (Fsp3) is 0.571. The lowest BCUT2D eigenvalue weighted by Crippen LogP contribution is -2.28. The van der Waals surface area contributed by atoms with Gasteiger partial charge in [0.05, 0.1) is 5.69 Å². The predicted molar refractivity (Wildman–Crippen MR) is 74.3 cm³/mol. The molecule has 0 aliphatic heterocycles. The van der Waals surface area contributed by atoms with E-state index in [1.54, 1.807) is 20.8 Å². The molecule has 0 bridgehead atoms. The monoisotopic (exact) mass is 280 g/mol. The summed E-state index contributed by atoms with van der Waals surface area (Å²) < 4.78 is 5.18. The number of H-pyrrole nitrogens is 1. The van der Waals surface area contributed by atoms with Crippen LogP contribution >= 0.6 is 0 Å². The summed E-state index contributed by atoms with van der Waals surface area (Å²) in [6.45, 7) is 5.28. The van der Waals surface area contributed by atoms with Gasteiger partial charge in [0.1, 0.15) is 11.3 Å². The number of anilines is 1. The summed E-state index contributed by atoms with van der Waals surface area (Å²) in [6, 6.07) is 0. The highest BCUT2D eigenvalue weighted by Crippen LogP contribution is 2.31. The zero-order valence-corrected chi connectivity index (χ0v) is 12.0. The molecule has 2 rings (SSSR count). The zero-order chi connectivity index (χ0) is 14.9. The molecule has 0 atom stereocenters. The number of aryl methyl sites for hydroxylation is 1. The van der Waals surface area contributed by atoms with E-state index in [1.165, 1.54) is 0 Å². The average Bonchev–Trinajstić information content (AvgIpc) is 2.66. The molecule has 1 aliphatic rings. The molecule has 1 aromatic heterocycles. The molecule has 20 heavy (non-hydrogen) atoms. The van der Waals surface area contributed by atoms with Crippen molar-refractivity contribution in [1.82, 2.24) is 4.98 Å². The lowest BCUT2D eigenvalue weighted by molar-refractivity contribution is 0.0636. The van der Waals surface area contributed by atoms with Gasteiger partial charge in [0.25, 0.3) is 0 Å². The number of carboxylic acids is 1. The van der Waals surface area contributed by atoms with Crippen LogP contribution < -0.4 is 5.32 Å². The van der Waals surface area contributed by atoms with Crippen LogP contribution in [-0.2, 0) is 17.6 Å². The minimum absolute atomic E-state index is 0.0303. The number of rotatable bonds is 2. The molecule has 0 aromatic carbocycles. The minimum atomic E-state index is -1.08. The number of hydrogen-bond donors (Lipinski definition) is 3. The summed E-state index contributed by atoms with van der Waals surface area (Å²) in [6.07, 6.45) is 2.97. The summed E-state index contributed by atoms with van der Waals surface area (Å²) in [5.74, 6) is -1.08. The van der Waals surface area contributed by atoms with Crippen LogP contribution in [-0.4, -0.2) is 27.8 Å². The highest BCUT2D eigenvalue weighted by Gasteiger charge is 2.26. The van der Waals surface area contributed by atoms with Crippen molar-refractivity contribution < 1.29 is 19.4 Å². The molecule has 6 heteroatoms. The normalized spacial score (nSPS) is 14.6. The van der Waals surface area contributed by atoms with E-state index in [1.807, 2.05) is 0 Å². The number of carboxylic acid groups (broad SMARTS) is 1. The van der Waals surface area contributed by atoms with Gasteiger partial charge in [0.15, 0.2) is 0 Å². The van der Waals surface area contributed by atoms with Crippen molar-refractivity contribution in [1.29, 1.82) is 0 Å². The third-order valence-corrected chi connectivity index (χ3v) is 3.14. The molecule has 0 spiro atoms. The van der Waals surface area contributed by atoms with Gasteiger partial charge in [-0.3, -0.25) is 5.32 Å². The second-order valence-corrected chi connectivity index (χ2v) is 5.97. The highest BCUT2D eigenvalue weighted by molar-refractivity contribution is 5.99. The van der Waals surface area contributed by atoms with E-state index in [0.717, 1.165) is 36.9 Å². The Balaban J connectivity index is 2.28. The molecule has 110 valence electrons. The van der Waals surface area contributed by atoms with Crippen molar-refractivity contribution in [2.75, 3.05) is 5.32 Å². The lowest BCUT2D eigenvalue weighted by atomic mass is 9.97. The van der Waals surface area contributed by atoms with Crippen molar-refractivity contribution in [2.24, 2.45) is 0 Å². The Hall–Kier alpha value is -1.98. The van der Waals surface area contributed by atoms with Crippen LogP contribution in [0.1, 0.15) is 55.4 Å². The number of hydrogen-bond acceptors (Lipinski definition) is 3. The molecule has 1 aliphatic carbocycles. The molecule has 0 fully saturated rings. The van der Waals surface area contributed by atoms with Gasteiger partial charge in [-0.1, -0.05) is 0 Å². The Morgan fingerprint density at radius 1 is 1.25 bits per heavy atom. The molecule has 0 saturated heterocycles. The SMILES string of the molecule is CC(C)(C)OC(=O)Nc1c(C(=O)O)[nH]c2c1CCCC2. The molecule has 1 aromatic rings. The first-order valence-electron chi connectivity index (χ1n) is 6.75. The fourth-order valence-corrected chi connectivity index (χ4v) is 2.39. The lowest BCUT2D eigenvalue weighted by Gasteiger charge is -2.20. The maximum Gasteiger partial charge on any atom is 0.412 e. The molecule has 0 unspecified atom stereocenters. The smallest absolute Gasteiger partial charge is 0.412 e. The van der Waals surface area contributed by atoms with Crippen molar-refractivity contribution in [2.45, 2.75) is 52.1 Å². The number of aromatic amines is 1. The van der Waals surface area contributed by atoms with Crippen molar-refractivity contribution in [3.63, 3.8) is 0 Å². The van der Waals surface area contributed by atoms with Crippen LogP contribution in [0.2, 0.25) is 0 Å². The van der Waals surface area contributed by atoms with Crippen LogP contribution in [0.15, 0.2) is 0 Å². The van der Waals surface area contributed by atoms with Crippen molar-refractivity contribution in [3.05, 3.63) is 17.0 Å². The number of carbonyl (C=O) groups excluding carboxylic acids is 1. The summed E-state index contributed by atoms with van der Waals surface area (Å²) in [5.41, 5.74) is 1.55. The van der Waals surface area contributed by atoms with E-state index in [9.17, 15) is 14.7 Å². The minimum Gasteiger partial charge on any atom is -0.477 e. The third-order valence-electron chi connectivity index (χ3n) is 3.14. The Morgan fingerprint density at radius 2 is 1.90 bits per heavy atom. The topological polar surface area (TPSA) is 91.4 Å². The number of fused-ring (bicyclic) bond motifs is 1. The van der Waals surface area contributed by atoms with Crippen LogP contribution in [0.25, 0.3) is 0 Å². The van der Waals surface area contributed by atoms with Crippen LogP contribution in [0, 0.1) is 0 Å². The second kappa shape index (κ2) is 5.19. The molecular formula is C14H20N2O4. The first-order chi connectivity index (χ1) is 9.28. The number of aromatic nitrogens is 1. The first kappa shape index (κ1) is 14.4. The van der Waals surface area contributed by atoms with Gasteiger partial charge >= 0.3 is 12.1 Å². The van der Waals surface area contributed by atoms with Crippen molar-refractivity contribution >= 4 is 17.7 Å². The summed E-state index contributed by atoms with van der Waals surface area (Å²) in [5, 5.41) is 11.8. The van der Waals surface area contributed by atoms with E-state index in [0.29, 0.717) is 5.69 Å². The molecule has 1 amide bonds. The third kappa shape index (κ3) is 3.12. The number of ether oxygens (including phenoxy) is 1. The summed E-state index contributed by atoms with van der Waals surface area (Å²) in [4.78, 5) is 26.0. The largest absolute Gasteiger partial charge is 0.477 e. The summed E-state index contributed by atoms with van der Waals surface area (Å²) >= 11 is 0. The van der Waals surface area contributed by atoms with E-state index in [4.69, 9.17) is 4.74 Å².